The number of benzene rings is 5. The van der Waals surface area contributed by atoms with E-state index in [-0.39, 0.29) is 0 Å². The SMILES string of the molecule is Cc1cccc(-c2cccc(-c3cccc(-c4cccc(-c5ccc6c(c5)CC6)c4)c3)c2)c1. The van der Waals surface area contributed by atoms with Gasteiger partial charge in [0.25, 0.3) is 0 Å². The summed E-state index contributed by atoms with van der Waals surface area (Å²) >= 11 is 0. The fraction of sp³-hybridized carbons (Fsp3) is 0.0909. The maximum atomic E-state index is 2.37. The van der Waals surface area contributed by atoms with Crippen molar-refractivity contribution in [3.63, 3.8) is 0 Å². The van der Waals surface area contributed by atoms with E-state index in [1.54, 1.807) is 0 Å². The van der Waals surface area contributed by atoms with Crippen LogP contribution in [0.3, 0.4) is 0 Å². The molecule has 1 aliphatic rings. The van der Waals surface area contributed by atoms with Crippen LogP contribution in [-0.2, 0) is 12.8 Å². The molecule has 0 bridgehead atoms. The Balaban J connectivity index is 1.35. The second kappa shape index (κ2) is 8.22. The molecule has 0 saturated carbocycles. The summed E-state index contributed by atoms with van der Waals surface area (Å²) in [6.07, 6.45) is 2.44. The van der Waals surface area contributed by atoms with Crippen molar-refractivity contribution in [2.75, 3.05) is 0 Å². The van der Waals surface area contributed by atoms with Crippen LogP contribution in [0.2, 0.25) is 0 Å². The van der Waals surface area contributed by atoms with Gasteiger partial charge in [-0.05, 0) is 93.6 Å². The smallest absolute Gasteiger partial charge is 0.0178 e. The fourth-order valence-electron chi connectivity index (χ4n) is 4.83. The fourth-order valence-corrected chi connectivity index (χ4v) is 4.83. The molecule has 158 valence electrons. The lowest BCUT2D eigenvalue weighted by molar-refractivity contribution is 0.840. The standard InChI is InChI=1S/C33H26/c1-23-6-2-7-25(18-23)26-8-3-9-27(19-26)28-10-4-11-29(20-28)30-12-5-13-31(21-30)33-17-15-24-14-16-32(24)22-33/h2-13,15,17-22H,14,16H2,1H3. The van der Waals surface area contributed by atoms with E-state index in [1.165, 1.54) is 74.0 Å². The van der Waals surface area contributed by atoms with E-state index in [9.17, 15) is 0 Å². The summed E-state index contributed by atoms with van der Waals surface area (Å²) in [6.45, 7) is 2.15. The van der Waals surface area contributed by atoms with Crippen LogP contribution in [0, 0.1) is 6.92 Å². The van der Waals surface area contributed by atoms with Gasteiger partial charge in [-0.2, -0.15) is 0 Å². The molecule has 0 radical (unpaired) electrons. The summed E-state index contributed by atoms with van der Waals surface area (Å²) in [7, 11) is 0. The van der Waals surface area contributed by atoms with Gasteiger partial charge in [0.2, 0.25) is 0 Å². The highest BCUT2D eigenvalue weighted by Crippen LogP contribution is 2.33. The Hall–Kier alpha value is -3.90. The third-order valence-corrected chi connectivity index (χ3v) is 6.81. The van der Waals surface area contributed by atoms with E-state index < -0.39 is 0 Å². The van der Waals surface area contributed by atoms with Crippen LogP contribution in [-0.4, -0.2) is 0 Å². The average Bonchev–Trinajstić information content (AvgIpc) is 2.85. The molecule has 0 nitrogen and oxygen atoms in total. The van der Waals surface area contributed by atoms with E-state index in [4.69, 9.17) is 0 Å². The molecule has 33 heavy (non-hydrogen) atoms. The molecule has 0 unspecified atom stereocenters. The van der Waals surface area contributed by atoms with E-state index >= 15 is 0 Å². The molecule has 5 aromatic carbocycles. The summed E-state index contributed by atoms with van der Waals surface area (Å²) in [5, 5.41) is 0. The van der Waals surface area contributed by atoms with E-state index in [2.05, 4.69) is 122 Å². The zero-order valence-corrected chi connectivity index (χ0v) is 18.9. The van der Waals surface area contributed by atoms with E-state index in [0.29, 0.717) is 0 Å². The third kappa shape index (κ3) is 3.90. The molecule has 6 rings (SSSR count). The minimum absolute atomic E-state index is 1.21. The zero-order valence-electron chi connectivity index (χ0n) is 18.9. The number of hydrogen-bond acceptors (Lipinski definition) is 0. The molecule has 5 aromatic rings. The highest BCUT2D eigenvalue weighted by Gasteiger charge is 2.13. The first-order chi connectivity index (χ1) is 16.2. The number of aryl methyl sites for hydroxylation is 3. The molecule has 0 aromatic heterocycles. The first-order valence-electron chi connectivity index (χ1n) is 11.7. The molecule has 0 saturated heterocycles. The Morgan fingerprint density at radius 2 is 0.758 bits per heavy atom. The van der Waals surface area contributed by atoms with Gasteiger partial charge in [0, 0.05) is 0 Å². The van der Waals surface area contributed by atoms with Crippen LogP contribution < -0.4 is 0 Å². The lowest BCUT2D eigenvalue weighted by atomic mass is 9.86. The van der Waals surface area contributed by atoms with Crippen LogP contribution in [0.25, 0.3) is 44.5 Å². The third-order valence-electron chi connectivity index (χ3n) is 6.81. The molecular formula is C33H26. The predicted octanol–water partition coefficient (Wildman–Crippen LogP) is 8.76. The van der Waals surface area contributed by atoms with Gasteiger partial charge >= 0.3 is 0 Å². The van der Waals surface area contributed by atoms with Gasteiger partial charge in [-0.25, -0.2) is 0 Å². The Bertz CT molecular complexity index is 1470. The number of hydrogen-bond donors (Lipinski definition) is 0. The number of rotatable bonds is 4. The maximum Gasteiger partial charge on any atom is -0.0178 e. The maximum absolute atomic E-state index is 2.37. The van der Waals surface area contributed by atoms with Crippen molar-refractivity contribution >= 4 is 0 Å². The molecule has 1 aliphatic carbocycles. The minimum atomic E-state index is 1.21. The highest BCUT2D eigenvalue weighted by atomic mass is 14.2. The summed E-state index contributed by atoms with van der Waals surface area (Å²) in [5.41, 5.74) is 14.4. The minimum Gasteiger partial charge on any atom is -0.0614 e. The zero-order chi connectivity index (χ0) is 22.2. The Labute approximate surface area is 196 Å². The van der Waals surface area contributed by atoms with Gasteiger partial charge in [-0.1, -0.05) is 103 Å². The summed E-state index contributed by atoms with van der Waals surface area (Å²) < 4.78 is 0. The molecular weight excluding hydrogens is 396 g/mol. The second-order valence-electron chi connectivity index (χ2n) is 9.10. The Morgan fingerprint density at radius 1 is 0.364 bits per heavy atom. The van der Waals surface area contributed by atoms with Gasteiger partial charge in [0.15, 0.2) is 0 Å². The van der Waals surface area contributed by atoms with Crippen LogP contribution in [0.4, 0.5) is 0 Å². The lowest BCUT2D eigenvalue weighted by Crippen LogP contribution is -2.07. The quantitative estimate of drug-likeness (QED) is 0.271. The average molecular weight is 423 g/mol. The summed E-state index contributed by atoms with van der Waals surface area (Å²) in [4.78, 5) is 0. The largest absolute Gasteiger partial charge is 0.0614 e. The van der Waals surface area contributed by atoms with Crippen LogP contribution >= 0.6 is 0 Å². The molecule has 0 heteroatoms. The lowest BCUT2D eigenvalue weighted by Gasteiger charge is -2.19. The molecule has 0 heterocycles. The highest BCUT2D eigenvalue weighted by molar-refractivity contribution is 5.79. The Kier molecular flexibility index (Phi) is 4.92. The van der Waals surface area contributed by atoms with Gasteiger partial charge in [-0.15, -0.1) is 0 Å². The molecule has 0 spiro atoms. The summed E-state index contributed by atoms with van der Waals surface area (Å²) in [5.74, 6) is 0. The van der Waals surface area contributed by atoms with Gasteiger partial charge in [0.05, 0.1) is 0 Å². The van der Waals surface area contributed by atoms with E-state index in [0.717, 1.165) is 0 Å². The van der Waals surface area contributed by atoms with Gasteiger partial charge < -0.3 is 0 Å². The van der Waals surface area contributed by atoms with Crippen LogP contribution in [0.15, 0.2) is 115 Å². The van der Waals surface area contributed by atoms with Crippen molar-refractivity contribution in [1.82, 2.24) is 0 Å². The normalized spacial score (nSPS) is 12.2. The molecule has 0 N–H and O–H groups in total. The van der Waals surface area contributed by atoms with Crippen molar-refractivity contribution in [3.8, 4) is 44.5 Å². The van der Waals surface area contributed by atoms with Crippen molar-refractivity contribution in [2.24, 2.45) is 0 Å². The summed E-state index contributed by atoms with van der Waals surface area (Å²) in [6, 6.07) is 42.3. The monoisotopic (exact) mass is 422 g/mol. The van der Waals surface area contributed by atoms with Crippen molar-refractivity contribution in [3.05, 3.63) is 132 Å². The molecule has 0 aliphatic heterocycles. The van der Waals surface area contributed by atoms with Crippen LogP contribution in [0.5, 0.6) is 0 Å². The first-order valence-corrected chi connectivity index (χ1v) is 11.7. The topological polar surface area (TPSA) is 0 Å². The predicted molar refractivity (Wildman–Crippen MR) is 140 cm³/mol. The number of fused-ring (bicyclic) bond motifs is 1. The second-order valence-corrected chi connectivity index (χ2v) is 9.10. The molecule has 0 amide bonds. The molecule has 0 fully saturated rings. The van der Waals surface area contributed by atoms with Crippen molar-refractivity contribution in [1.29, 1.82) is 0 Å². The van der Waals surface area contributed by atoms with Gasteiger partial charge in [0.1, 0.15) is 0 Å². The van der Waals surface area contributed by atoms with Gasteiger partial charge in [-0.3, -0.25) is 0 Å². The van der Waals surface area contributed by atoms with Crippen molar-refractivity contribution in [2.45, 2.75) is 19.8 Å². The van der Waals surface area contributed by atoms with Crippen LogP contribution in [0.1, 0.15) is 16.7 Å². The molecule has 0 atom stereocenters. The Morgan fingerprint density at radius 3 is 1.15 bits per heavy atom. The first kappa shape index (κ1) is 19.8. The van der Waals surface area contributed by atoms with E-state index in [1.807, 2.05) is 0 Å². The van der Waals surface area contributed by atoms with Crippen molar-refractivity contribution < 1.29 is 0 Å².